The minimum Gasteiger partial charge on any atom is -0.481 e. The molecule has 1 aliphatic heterocycles. The molecule has 0 saturated carbocycles. The molecule has 6 aromatic heterocycles. The molecular formula is C63H73F3N10O16S. The summed E-state index contributed by atoms with van der Waals surface area (Å²) in [5.41, 5.74) is 18.7. The number of benzene rings is 2. The van der Waals surface area contributed by atoms with Gasteiger partial charge in [-0.2, -0.15) is 21.6 Å². The second-order valence-electron chi connectivity index (χ2n) is 18.5. The number of carbonyl (C=O) groups excluding carboxylic acids is 1. The highest BCUT2D eigenvalue weighted by molar-refractivity contribution is 7.86. The monoisotopic (exact) mass is 1310 g/mol. The van der Waals surface area contributed by atoms with Gasteiger partial charge >= 0.3 is 6.18 Å². The normalized spacial score (nSPS) is 13.0. The van der Waals surface area contributed by atoms with E-state index in [0.29, 0.717) is 63.1 Å². The molecule has 5 atom stereocenters. The number of nitrogens with zero attached hydrogens (tertiary/aromatic N) is 9. The first kappa shape index (κ1) is 77.5. The van der Waals surface area contributed by atoms with E-state index in [4.69, 9.17) is 69.0 Å². The van der Waals surface area contributed by atoms with Gasteiger partial charge in [0.25, 0.3) is 10.1 Å². The van der Waals surface area contributed by atoms with E-state index >= 15 is 0 Å². The van der Waals surface area contributed by atoms with Crippen LogP contribution in [-0.2, 0) is 25.2 Å². The Labute approximate surface area is 535 Å². The van der Waals surface area contributed by atoms with Crippen LogP contribution in [0.1, 0.15) is 85.3 Å². The lowest BCUT2D eigenvalue weighted by atomic mass is 10.1. The minimum atomic E-state index is -4.33. The number of epoxide rings is 1. The number of hydrogen-bond acceptors (Lipinski definition) is 24. The number of nitrogens with two attached hydrogens (primary N) is 1. The van der Waals surface area contributed by atoms with Gasteiger partial charge in [-0.3, -0.25) is 8.98 Å². The molecule has 7 heterocycles. The number of methoxy groups -OCH3 is 6. The number of carbonyl (C=O) groups is 1. The van der Waals surface area contributed by atoms with Crippen LogP contribution in [0.4, 0.5) is 13.2 Å². The van der Waals surface area contributed by atoms with Crippen molar-refractivity contribution in [3.63, 3.8) is 0 Å². The van der Waals surface area contributed by atoms with Crippen molar-refractivity contribution < 1.29 is 89.3 Å². The molecule has 0 bridgehead atoms. The van der Waals surface area contributed by atoms with Gasteiger partial charge in [-0.05, 0) is 83.7 Å². The Bertz CT molecular complexity index is 3500. The van der Waals surface area contributed by atoms with E-state index in [1.165, 1.54) is 77.5 Å². The van der Waals surface area contributed by atoms with Crippen LogP contribution in [0.2, 0.25) is 0 Å². The molecule has 93 heavy (non-hydrogen) atoms. The number of aliphatic hydroxyl groups excluding tert-OH is 5. The van der Waals surface area contributed by atoms with Gasteiger partial charge in [0.2, 0.25) is 35.3 Å². The first-order valence-electron chi connectivity index (χ1n) is 27.4. The molecule has 498 valence electrons. The SMILES string of the molecule is C=Cc1ccc(OC)nc1.COc1ccc(C=O)cn1.COc1ccc([C@@H](CO)N=[N+]=[N-])cn1.COc1ccc([C@@H](O)CO)cn1.COc1ccc([C@@H](O)COS(=O)(=O)c2ccc(C)cc2)cn1.COc1ccc([C@@H]2CO2)cn1.N[C@H](CO)c1ccc(C(F)(F)F)cc1. The van der Waals surface area contributed by atoms with E-state index in [1.54, 1.807) is 99.4 Å². The number of aryl methyl sites for hydroxylation is 1. The Morgan fingerprint density at radius 1 is 0.613 bits per heavy atom. The topological polar surface area (TPSA) is 382 Å². The number of aldehydes is 1. The molecule has 0 spiro atoms. The molecule has 7 N–H and O–H groups in total. The lowest BCUT2D eigenvalue weighted by Gasteiger charge is -2.12. The molecule has 1 fully saturated rings. The third-order valence-electron chi connectivity index (χ3n) is 12.1. The van der Waals surface area contributed by atoms with Gasteiger partial charge < -0.3 is 64.4 Å². The zero-order chi connectivity index (χ0) is 68.8. The van der Waals surface area contributed by atoms with E-state index in [9.17, 15) is 31.5 Å². The van der Waals surface area contributed by atoms with E-state index in [-0.39, 0.29) is 37.4 Å². The number of azide groups is 1. The molecule has 0 radical (unpaired) electrons. The standard InChI is InChI=1S/C15H17NO5S.C9H10F3NO.C8H10N4O2.C8H11NO3.C8H9NO2.C8H9NO.C7H7NO2/c1-11-3-6-13(7-4-11)22(18,19)21-10-14(17)12-5-8-15(20-2)16-9-12;10-9(11,12)7-3-1-6(2-4-7)8(13)5-14;1-14-8-3-2-6(4-10-8)7(5-13)11-12-9;1-12-8-3-2-6(4-9-8)7(11)5-10;1-10-8-3-2-6(4-9-8)7-5-11-7;1-3-7-4-5-8(10-2)9-6-7;1-10-7-3-2-6(5-9)4-8-7/h3-9,14,17H,10H2,1-2H3;1-4,8,14H,5,13H2;2-4,7,13H,5H2,1H3;2-4,7,10-11H,5H2,1H3;2-4,7H,5H2,1H3;3-6H,1H2,2H3;2-5H,1H3/t14-;8-;3*7-;;/m01100../s1. The minimum absolute atomic E-state index is 0.0538. The average molecular weight is 1320 g/mol. The molecule has 0 amide bonds. The van der Waals surface area contributed by atoms with Gasteiger partial charge in [0.15, 0.2) is 6.29 Å². The summed E-state index contributed by atoms with van der Waals surface area (Å²) in [6.07, 6.45) is 5.84. The third-order valence-corrected chi connectivity index (χ3v) is 13.4. The molecular weight excluding hydrogens is 1240 g/mol. The van der Waals surface area contributed by atoms with Gasteiger partial charge in [-0.25, -0.2) is 29.9 Å². The van der Waals surface area contributed by atoms with Gasteiger partial charge in [0, 0.05) is 101 Å². The second-order valence-corrected chi connectivity index (χ2v) is 20.1. The summed E-state index contributed by atoms with van der Waals surface area (Å²) in [7, 11) is 5.35. The van der Waals surface area contributed by atoms with Crippen molar-refractivity contribution in [3.8, 4) is 35.3 Å². The highest BCUT2D eigenvalue weighted by Gasteiger charge is 2.30. The van der Waals surface area contributed by atoms with Gasteiger partial charge in [-0.1, -0.05) is 53.7 Å². The zero-order valence-corrected chi connectivity index (χ0v) is 52.5. The largest absolute Gasteiger partial charge is 0.481 e. The number of hydrogen-bond donors (Lipinski definition) is 6. The maximum Gasteiger partial charge on any atom is 0.416 e. The molecule has 2 aromatic carbocycles. The van der Waals surface area contributed by atoms with Crippen LogP contribution in [0.25, 0.3) is 16.5 Å². The predicted molar refractivity (Wildman–Crippen MR) is 335 cm³/mol. The van der Waals surface area contributed by atoms with Crippen molar-refractivity contribution in [1.29, 1.82) is 0 Å². The number of rotatable bonds is 21. The summed E-state index contributed by atoms with van der Waals surface area (Å²) in [6, 6.07) is 30.1. The zero-order valence-electron chi connectivity index (χ0n) is 51.7. The van der Waals surface area contributed by atoms with Crippen LogP contribution in [0.5, 0.6) is 35.3 Å². The van der Waals surface area contributed by atoms with Crippen molar-refractivity contribution in [2.45, 2.75) is 48.4 Å². The van der Waals surface area contributed by atoms with Crippen LogP contribution >= 0.6 is 0 Å². The van der Waals surface area contributed by atoms with E-state index in [2.05, 4.69) is 46.5 Å². The van der Waals surface area contributed by atoms with Crippen LogP contribution in [0.3, 0.4) is 0 Å². The summed E-state index contributed by atoms with van der Waals surface area (Å²) in [6.45, 7) is 5.09. The summed E-state index contributed by atoms with van der Waals surface area (Å²) in [5, 5.41) is 48.7. The number of aromatic nitrogens is 6. The van der Waals surface area contributed by atoms with Crippen LogP contribution in [-0.4, -0.2) is 146 Å². The highest BCUT2D eigenvalue weighted by atomic mass is 32.2. The number of ether oxygens (including phenoxy) is 7. The first-order chi connectivity index (χ1) is 44.6. The quantitative estimate of drug-likeness (QED) is 0.00976. The van der Waals surface area contributed by atoms with E-state index in [0.717, 1.165) is 41.7 Å². The molecule has 0 aliphatic carbocycles. The Kier molecular flexibility index (Phi) is 34.7. The fraction of sp³-hybridized carbons (Fsp3) is 0.286. The lowest BCUT2D eigenvalue weighted by Crippen LogP contribution is -2.14. The maximum absolute atomic E-state index is 12.1. The highest BCUT2D eigenvalue weighted by Crippen LogP contribution is 2.31. The number of pyridine rings is 6. The third kappa shape index (κ3) is 28.6. The van der Waals surface area contributed by atoms with Crippen molar-refractivity contribution in [2.24, 2.45) is 10.8 Å². The molecule has 1 aliphatic rings. The lowest BCUT2D eigenvalue weighted by molar-refractivity contribution is -0.137. The number of aliphatic hydroxyl groups is 5. The molecule has 30 heteroatoms. The molecule has 1 saturated heterocycles. The predicted octanol–water partition coefficient (Wildman–Crippen LogP) is 8.88. The fourth-order valence-corrected chi connectivity index (χ4v) is 7.63. The van der Waals surface area contributed by atoms with Crippen molar-refractivity contribution >= 4 is 22.5 Å². The summed E-state index contributed by atoms with van der Waals surface area (Å²) in [5.74, 6) is 3.17. The Hall–Kier alpha value is -9.72. The average Bonchev–Trinajstić information content (AvgIpc) is 2.57. The van der Waals surface area contributed by atoms with Crippen molar-refractivity contribution in [1.82, 2.24) is 29.9 Å². The Morgan fingerprint density at radius 2 is 1.03 bits per heavy atom. The maximum atomic E-state index is 12.1. The molecule has 26 nitrogen and oxygen atoms in total. The van der Waals surface area contributed by atoms with Gasteiger partial charge in [0.1, 0.15) is 18.3 Å². The van der Waals surface area contributed by atoms with Crippen molar-refractivity contribution in [3.05, 3.63) is 226 Å². The van der Waals surface area contributed by atoms with E-state index in [1.807, 2.05) is 25.1 Å². The van der Waals surface area contributed by atoms with Gasteiger partial charge in [-0.15, -0.1) is 0 Å². The molecule has 0 unspecified atom stereocenters. The van der Waals surface area contributed by atoms with Gasteiger partial charge in [0.05, 0.1) is 98.2 Å². The van der Waals surface area contributed by atoms with Crippen LogP contribution in [0, 0.1) is 6.92 Å². The number of alkyl halides is 3. The molecule has 8 aromatic rings. The van der Waals surface area contributed by atoms with Crippen LogP contribution < -0.4 is 34.2 Å². The fourth-order valence-electron chi connectivity index (χ4n) is 6.71. The first-order valence-corrected chi connectivity index (χ1v) is 28.8. The number of halogens is 3. The van der Waals surface area contributed by atoms with Crippen molar-refractivity contribution in [2.75, 3.05) is 75.7 Å². The summed E-state index contributed by atoms with van der Waals surface area (Å²) < 4.78 is 99.5. The Balaban J connectivity index is 0.000000288. The van der Waals surface area contributed by atoms with Crippen LogP contribution in [0.15, 0.2) is 175 Å². The summed E-state index contributed by atoms with van der Waals surface area (Å²) in [4.78, 5) is 36.4. The molecule has 9 rings (SSSR count). The van der Waals surface area contributed by atoms with E-state index < -0.39 is 46.1 Å². The Morgan fingerprint density at radius 3 is 1.38 bits per heavy atom. The smallest absolute Gasteiger partial charge is 0.416 e. The summed E-state index contributed by atoms with van der Waals surface area (Å²) >= 11 is 0. The second kappa shape index (κ2) is 41.6.